The maximum Gasteiger partial charge on any atom is 0.253 e. The Labute approximate surface area is 243 Å². The molecule has 0 bridgehead atoms. The highest BCUT2D eigenvalue weighted by Crippen LogP contribution is 2.27. The number of anilines is 2. The molecule has 2 aromatic heterocycles. The van der Waals surface area contributed by atoms with Gasteiger partial charge in [0.05, 0.1) is 17.2 Å². The van der Waals surface area contributed by atoms with E-state index in [1.807, 2.05) is 41.3 Å². The van der Waals surface area contributed by atoms with Gasteiger partial charge in [0.1, 0.15) is 0 Å². The molecule has 41 heavy (non-hydrogen) atoms. The third kappa shape index (κ3) is 7.36. The lowest BCUT2D eigenvalue weighted by Gasteiger charge is -2.26. The fourth-order valence-electron chi connectivity index (χ4n) is 5.61. The number of carbonyl (C=O) groups is 1. The Morgan fingerprint density at radius 3 is 2.39 bits per heavy atom. The number of hydrogen-bond acceptors (Lipinski definition) is 6. The quantitative estimate of drug-likeness (QED) is 0.175. The molecule has 0 spiro atoms. The molecule has 1 aliphatic heterocycles. The number of imidazole rings is 1. The van der Waals surface area contributed by atoms with Gasteiger partial charge in [-0.3, -0.25) is 4.79 Å². The minimum absolute atomic E-state index is 0.118. The van der Waals surface area contributed by atoms with Crippen LogP contribution in [0.4, 0.5) is 11.6 Å². The third-order valence-electron chi connectivity index (χ3n) is 8.01. The van der Waals surface area contributed by atoms with Crippen molar-refractivity contribution in [3.05, 3.63) is 60.6 Å². The largest absolute Gasteiger partial charge is 0.444 e. The molecule has 0 atom stereocenters. The Balaban J connectivity index is 1.41. The van der Waals surface area contributed by atoms with E-state index in [1.54, 1.807) is 6.20 Å². The highest BCUT2D eigenvalue weighted by atomic mass is 16.3. The van der Waals surface area contributed by atoms with Gasteiger partial charge >= 0.3 is 0 Å². The fourth-order valence-corrected chi connectivity index (χ4v) is 5.61. The molecule has 218 valence electrons. The van der Waals surface area contributed by atoms with E-state index >= 15 is 0 Å². The van der Waals surface area contributed by atoms with Crippen molar-refractivity contribution in [1.82, 2.24) is 24.3 Å². The molecule has 0 aliphatic carbocycles. The van der Waals surface area contributed by atoms with Gasteiger partial charge in [0.2, 0.25) is 5.95 Å². The van der Waals surface area contributed by atoms with E-state index in [-0.39, 0.29) is 5.91 Å². The average molecular weight is 557 g/mol. The van der Waals surface area contributed by atoms with Crippen LogP contribution in [0.2, 0.25) is 0 Å². The van der Waals surface area contributed by atoms with Crippen molar-refractivity contribution in [2.75, 3.05) is 38.0 Å². The van der Waals surface area contributed by atoms with Crippen LogP contribution in [0, 0.1) is 0 Å². The van der Waals surface area contributed by atoms with E-state index < -0.39 is 0 Å². The zero-order chi connectivity index (χ0) is 28.4. The van der Waals surface area contributed by atoms with Crippen molar-refractivity contribution >= 4 is 28.6 Å². The van der Waals surface area contributed by atoms with Gasteiger partial charge in [-0.05, 0) is 94.2 Å². The molecule has 3 heterocycles. The Morgan fingerprint density at radius 2 is 1.71 bits per heavy atom. The van der Waals surface area contributed by atoms with Crippen molar-refractivity contribution in [3.8, 4) is 11.3 Å². The zero-order valence-electron chi connectivity index (χ0n) is 24.6. The van der Waals surface area contributed by atoms with Gasteiger partial charge in [-0.2, -0.15) is 0 Å². The SMILES string of the molecule is CCCCN(CCCC)C(=O)c1ccc2nc(Nc3ccc(-c4cnco4)cc3)n(CCCN3CCCCC3)c2c1. The number of fused-ring (bicyclic) bond motifs is 1. The highest BCUT2D eigenvalue weighted by molar-refractivity contribution is 5.98. The lowest BCUT2D eigenvalue weighted by Crippen LogP contribution is -2.33. The Bertz CT molecular complexity index is 1370. The number of aromatic nitrogens is 3. The molecule has 1 aliphatic rings. The molecule has 5 rings (SSSR count). The summed E-state index contributed by atoms with van der Waals surface area (Å²) in [4.78, 5) is 27.2. The Kier molecular flexibility index (Phi) is 10.1. The molecular formula is C33H44N6O2. The highest BCUT2D eigenvalue weighted by Gasteiger charge is 2.19. The van der Waals surface area contributed by atoms with Crippen molar-refractivity contribution in [1.29, 1.82) is 0 Å². The van der Waals surface area contributed by atoms with Crippen molar-refractivity contribution < 1.29 is 9.21 Å². The number of nitrogens with one attached hydrogen (secondary N) is 1. The lowest BCUT2D eigenvalue weighted by molar-refractivity contribution is 0.0751. The van der Waals surface area contributed by atoms with Crippen molar-refractivity contribution in [2.45, 2.75) is 71.8 Å². The number of aryl methyl sites for hydroxylation is 1. The number of unbranched alkanes of at least 4 members (excludes halogenated alkanes) is 2. The fraction of sp³-hybridized carbons (Fsp3) is 0.485. The number of nitrogens with zero attached hydrogens (tertiary/aromatic N) is 5. The number of piperidine rings is 1. The second-order valence-corrected chi connectivity index (χ2v) is 11.1. The second-order valence-electron chi connectivity index (χ2n) is 11.1. The van der Waals surface area contributed by atoms with Crippen LogP contribution in [0.15, 0.2) is 59.5 Å². The third-order valence-corrected chi connectivity index (χ3v) is 8.01. The van der Waals surface area contributed by atoms with Crippen LogP contribution in [0.5, 0.6) is 0 Å². The minimum Gasteiger partial charge on any atom is -0.444 e. The zero-order valence-corrected chi connectivity index (χ0v) is 24.6. The van der Waals surface area contributed by atoms with Gasteiger partial charge in [-0.25, -0.2) is 9.97 Å². The number of amides is 1. The molecule has 0 saturated carbocycles. The predicted octanol–water partition coefficient (Wildman–Crippen LogP) is 7.35. The van der Waals surface area contributed by atoms with Crippen LogP contribution in [-0.4, -0.2) is 63.0 Å². The van der Waals surface area contributed by atoms with Gasteiger partial charge in [-0.1, -0.05) is 33.1 Å². The molecule has 1 amide bonds. The first-order valence-corrected chi connectivity index (χ1v) is 15.4. The first-order valence-electron chi connectivity index (χ1n) is 15.4. The van der Waals surface area contributed by atoms with Gasteiger partial charge in [0.15, 0.2) is 12.2 Å². The van der Waals surface area contributed by atoms with E-state index in [4.69, 9.17) is 9.40 Å². The van der Waals surface area contributed by atoms with E-state index in [2.05, 4.69) is 39.7 Å². The molecule has 0 unspecified atom stereocenters. The number of oxazole rings is 1. The monoisotopic (exact) mass is 556 g/mol. The van der Waals surface area contributed by atoms with Crippen LogP contribution < -0.4 is 5.32 Å². The number of likely N-dealkylation sites (tertiary alicyclic amines) is 1. The number of rotatable bonds is 14. The summed E-state index contributed by atoms with van der Waals surface area (Å²) in [5.41, 5.74) is 4.56. The van der Waals surface area contributed by atoms with E-state index in [0.717, 1.165) is 97.8 Å². The number of carbonyl (C=O) groups excluding carboxylic acids is 1. The standard InChI is InChI=1S/C33H44N6O2/c1-3-5-20-38(21-6-4-2)32(40)27-13-16-29-30(23-27)39(22-10-19-37-17-8-7-9-18-37)33(36-29)35-28-14-11-26(12-15-28)31-24-34-25-41-31/h11-16,23-25H,3-10,17-22H2,1-2H3,(H,35,36). The van der Waals surface area contributed by atoms with Crippen LogP contribution in [0.25, 0.3) is 22.4 Å². The second kappa shape index (κ2) is 14.3. The molecule has 0 radical (unpaired) electrons. The normalized spacial score (nSPS) is 14.0. The lowest BCUT2D eigenvalue weighted by atomic mass is 10.1. The smallest absolute Gasteiger partial charge is 0.253 e. The van der Waals surface area contributed by atoms with Crippen LogP contribution in [0.3, 0.4) is 0 Å². The molecule has 1 N–H and O–H groups in total. The summed E-state index contributed by atoms with van der Waals surface area (Å²) >= 11 is 0. The van der Waals surface area contributed by atoms with Crippen molar-refractivity contribution in [3.63, 3.8) is 0 Å². The minimum atomic E-state index is 0.118. The summed E-state index contributed by atoms with van der Waals surface area (Å²) in [6.45, 7) is 10.2. The van der Waals surface area contributed by atoms with E-state index in [9.17, 15) is 4.79 Å². The molecule has 4 aromatic rings. The van der Waals surface area contributed by atoms with Crippen molar-refractivity contribution in [2.24, 2.45) is 0 Å². The van der Waals surface area contributed by atoms with Gasteiger partial charge in [-0.15, -0.1) is 0 Å². The molecule has 1 fully saturated rings. The number of benzene rings is 2. The topological polar surface area (TPSA) is 79.4 Å². The Hall–Kier alpha value is -3.65. The van der Waals surface area contributed by atoms with Crippen LogP contribution >= 0.6 is 0 Å². The van der Waals surface area contributed by atoms with Gasteiger partial charge < -0.3 is 24.1 Å². The molecular weight excluding hydrogens is 512 g/mol. The average Bonchev–Trinajstić information content (AvgIpc) is 3.66. The first-order chi connectivity index (χ1) is 20.2. The molecule has 1 saturated heterocycles. The van der Waals surface area contributed by atoms with Crippen LogP contribution in [0.1, 0.15) is 75.6 Å². The summed E-state index contributed by atoms with van der Waals surface area (Å²) in [7, 11) is 0. The summed E-state index contributed by atoms with van der Waals surface area (Å²) in [5, 5.41) is 3.55. The van der Waals surface area contributed by atoms with E-state index in [1.165, 1.54) is 38.7 Å². The first kappa shape index (κ1) is 28.9. The summed E-state index contributed by atoms with van der Waals surface area (Å²) < 4.78 is 7.69. The molecule has 8 heteroatoms. The molecule has 2 aromatic carbocycles. The van der Waals surface area contributed by atoms with E-state index in [0.29, 0.717) is 0 Å². The Morgan fingerprint density at radius 1 is 0.951 bits per heavy atom. The van der Waals surface area contributed by atoms with Gasteiger partial charge in [0.25, 0.3) is 5.91 Å². The maximum absolute atomic E-state index is 13.6. The summed E-state index contributed by atoms with van der Waals surface area (Å²) in [5.74, 6) is 1.66. The molecule has 8 nitrogen and oxygen atoms in total. The summed E-state index contributed by atoms with van der Waals surface area (Å²) in [6, 6.07) is 14.1. The predicted molar refractivity (Wildman–Crippen MR) is 166 cm³/mol. The maximum atomic E-state index is 13.6. The number of hydrogen-bond donors (Lipinski definition) is 1. The van der Waals surface area contributed by atoms with Crippen LogP contribution in [-0.2, 0) is 6.54 Å². The summed E-state index contributed by atoms with van der Waals surface area (Å²) in [6.07, 6.45) is 12.3. The van der Waals surface area contributed by atoms with Gasteiger partial charge in [0, 0.05) is 36.4 Å².